The Kier molecular flexibility index (Phi) is 11.3. The molecule has 0 fully saturated rings. The Morgan fingerprint density at radius 1 is 1.22 bits per heavy atom. The molecule has 1 aromatic carbocycles. The number of benzene rings is 1. The summed E-state index contributed by atoms with van der Waals surface area (Å²) in [7, 11) is 0. The van der Waals surface area contributed by atoms with E-state index in [-0.39, 0.29) is 30.1 Å². The fourth-order valence-electron chi connectivity index (χ4n) is 2.89. The SMILES string of the molecule is CCNC(=NCCC(OCC)C(C)C)NCCc1nc2ccccc2[nH]1.I. The normalized spacial score (nSPS) is 12.9. The topological polar surface area (TPSA) is 74.3 Å². The van der Waals surface area contributed by atoms with Crippen LogP contribution in [0, 0.1) is 5.92 Å². The zero-order valence-corrected chi connectivity index (χ0v) is 19.2. The maximum Gasteiger partial charge on any atom is 0.191 e. The van der Waals surface area contributed by atoms with Gasteiger partial charge in [0.1, 0.15) is 5.82 Å². The molecule has 7 heteroatoms. The lowest BCUT2D eigenvalue weighted by atomic mass is 10.0. The largest absolute Gasteiger partial charge is 0.378 e. The molecule has 0 aliphatic carbocycles. The van der Waals surface area contributed by atoms with Gasteiger partial charge >= 0.3 is 0 Å². The van der Waals surface area contributed by atoms with Crippen molar-refractivity contribution in [1.29, 1.82) is 0 Å². The van der Waals surface area contributed by atoms with Crippen molar-refractivity contribution < 1.29 is 4.74 Å². The minimum atomic E-state index is 0. The summed E-state index contributed by atoms with van der Waals surface area (Å²) in [5.41, 5.74) is 2.09. The summed E-state index contributed by atoms with van der Waals surface area (Å²) in [5.74, 6) is 2.35. The standard InChI is InChI=1S/C20H33N5O.HI/c1-5-21-20(22-13-11-18(15(3)4)26-6-2)23-14-12-19-24-16-9-7-8-10-17(16)25-19;/h7-10,15,18H,5-6,11-14H2,1-4H3,(H,24,25)(H2,21,22,23);1H. The van der Waals surface area contributed by atoms with E-state index in [1.54, 1.807) is 0 Å². The summed E-state index contributed by atoms with van der Waals surface area (Å²) >= 11 is 0. The summed E-state index contributed by atoms with van der Waals surface area (Å²) in [6.07, 6.45) is 2.03. The Morgan fingerprint density at radius 2 is 2.00 bits per heavy atom. The molecule has 0 amide bonds. The molecule has 0 saturated carbocycles. The molecular weight excluding hydrogens is 453 g/mol. The molecule has 0 aliphatic rings. The van der Waals surface area contributed by atoms with E-state index in [4.69, 9.17) is 4.74 Å². The number of hydrogen-bond donors (Lipinski definition) is 3. The number of aliphatic imine (C=N–C) groups is 1. The first-order chi connectivity index (χ1) is 12.6. The minimum absolute atomic E-state index is 0. The van der Waals surface area contributed by atoms with E-state index in [0.717, 1.165) is 61.9 Å². The van der Waals surface area contributed by atoms with Crippen molar-refractivity contribution in [2.75, 3.05) is 26.2 Å². The summed E-state index contributed by atoms with van der Waals surface area (Å²) in [6, 6.07) is 8.10. The molecule has 1 aromatic heterocycles. The van der Waals surface area contributed by atoms with Gasteiger partial charge in [0.05, 0.1) is 17.1 Å². The number of rotatable bonds is 10. The number of imidazole rings is 1. The Hall–Kier alpha value is -1.35. The van der Waals surface area contributed by atoms with Gasteiger partial charge in [-0.15, -0.1) is 24.0 Å². The summed E-state index contributed by atoms with van der Waals surface area (Å²) < 4.78 is 5.79. The van der Waals surface area contributed by atoms with Gasteiger partial charge in [0.15, 0.2) is 5.96 Å². The van der Waals surface area contributed by atoms with Crippen LogP contribution in [0.15, 0.2) is 29.3 Å². The smallest absolute Gasteiger partial charge is 0.191 e. The number of para-hydroxylation sites is 2. The number of hydrogen-bond acceptors (Lipinski definition) is 3. The third-order valence-electron chi connectivity index (χ3n) is 4.24. The number of fused-ring (bicyclic) bond motifs is 1. The maximum atomic E-state index is 5.79. The first-order valence-corrected chi connectivity index (χ1v) is 9.71. The quantitative estimate of drug-likeness (QED) is 0.271. The van der Waals surface area contributed by atoms with E-state index < -0.39 is 0 Å². The van der Waals surface area contributed by atoms with Gasteiger partial charge in [0.2, 0.25) is 0 Å². The monoisotopic (exact) mass is 487 g/mol. The molecule has 0 spiro atoms. The zero-order valence-electron chi connectivity index (χ0n) is 16.9. The lowest BCUT2D eigenvalue weighted by Crippen LogP contribution is -2.38. The summed E-state index contributed by atoms with van der Waals surface area (Å²) in [6.45, 7) is 11.6. The first-order valence-electron chi connectivity index (χ1n) is 9.71. The molecule has 6 nitrogen and oxygen atoms in total. The van der Waals surface area contributed by atoms with E-state index in [9.17, 15) is 0 Å². The zero-order chi connectivity index (χ0) is 18.8. The molecule has 3 N–H and O–H groups in total. The molecule has 0 saturated heterocycles. The summed E-state index contributed by atoms with van der Waals surface area (Å²) in [4.78, 5) is 12.6. The fourth-order valence-corrected chi connectivity index (χ4v) is 2.89. The van der Waals surface area contributed by atoms with E-state index in [1.165, 1.54) is 0 Å². The number of aromatic amines is 1. The number of H-pyrrole nitrogens is 1. The number of ether oxygens (including phenoxy) is 1. The van der Waals surface area contributed by atoms with Crippen LogP contribution in [-0.2, 0) is 11.2 Å². The number of guanidine groups is 1. The fraction of sp³-hybridized carbons (Fsp3) is 0.600. The Bertz CT molecular complexity index is 653. The third kappa shape index (κ3) is 8.04. The second-order valence-corrected chi connectivity index (χ2v) is 6.66. The van der Waals surface area contributed by atoms with Gasteiger partial charge < -0.3 is 20.4 Å². The predicted molar refractivity (Wildman–Crippen MR) is 124 cm³/mol. The molecule has 1 atom stereocenters. The molecule has 152 valence electrons. The van der Waals surface area contributed by atoms with Crippen molar-refractivity contribution in [2.45, 2.75) is 46.6 Å². The Morgan fingerprint density at radius 3 is 2.67 bits per heavy atom. The highest BCUT2D eigenvalue weighted by atomic mass is 127. The Balaban J connectivity index is 0.00000364. The highest BCUT2D eigenvalue weighted by Gasteiger charge is 2.12. The molecule has 0 radical (unpaired) electrons. The molecular formula is C20H34IN5O. The molecule has 2 rings (SSSR count). The molecule has 0 bridgehead atoms. The van der Waals surface area contributed by atoms with Crippen LogP contribution in [0.4, 0.5) is 0 Å². The van der Waals surface area contributed by atoms with Gasteiger partial charge in [0.25, 0.3) is 0 Å². The molecule has 1 heterocycles. The highest BCUT2D eigenvalue weighted by molar-refractivity contribution is 14.0. The van der Waals surface area contributed by atoms with Crippen LogP contribution in [0.3, 0.4) is 0 Å². The molecule has 27 heavy (non-hydrogen) atoms. The van der Waals surface area contributed by atoms with Crippen LogP contribution in [-0.4, -0.2) is 48.3 Å². The van der Waals surface area contributed by atoms with Crippen molar-refractivity contribution in [2.24, 2.45) is 10.9 Å². The Labute approximate surface area is 180 Å². The molecule has 1 unspecified atom stereocenters. The average molecular weight is 487 g/mol. The van der Waals surface area contributed by atoms with Crippen LogP contribution < -0.4 is 10.6 Å². The van der Waals surface area contributed by atoms with Crippen LogP contribution in [0.25, 0.3) is 11.0 Å². The maximum absolute atomic E-state index is 5.79. The van der Waals surface area contributed by atoms with E-state index in [0.29, 0.717) is 5.92 Å². The van der Waals surface area contributed by atoms with Gasteiger partial charge in [-0.3, -0.25) is 4.99 Å². The first kappa shape index (κ1) is 23.7. The minimum Gasteiger partial charge on any atom is -0.378 e. The lowest BCUT2D eigenvalue weighted by molar-refractivity contribution is 0.0266. The molecule has 0 aliphatic heterocycles. The van der Waals surface area contributed by atoms with Gasteiger partial charge in [0, 0.05) is 32.7 Å². The van der Waals surface area contributed by atoms with E-state index >= 15 is 0 Å². The predicted octanol–water partition coefficient (Wildman–Crippen LogP) is 3.73. The number of nitrogens with one attached hydrogen (secondary N) is 3. The number of halogens is 1. The highest BCUT2D eigenvalue weighted by Crippen LogP contribution is 2.11. The van der Waals surface area contributed by atoms with Crippen molar-refractivity contribution in [3.8, 4) is 0 Å². The van der Waals surface area contributed by atoms with E-state index in [1.807, 2.05) is 31.2 Å². The van der Waals surface area contributed by atoms with Crippen molar-refractivity contribution >= 4 is 41.0 Å². The second kappa shape index (κ2) is 12.9. The van der Waals surface area contributed by atoms with Crippen LogP contribution in [0.1, 0.15) is 39.9 Å². The lowest BCUT2D eigenvalue weighted by Gasteiger charge is -2.20. The number of aromatic nitrogens is 2. The number of nitrogens with zero attached hydrogens (tertiary/aromatic N) is 2. The average Bonchev–Trinajstić information content (AvgIpc) is 3.03. The van der Waals surface area contributed by atoms with Crippen LogP contribution in [0.5, 0.6) is 0 Å². The van der Waals surface area contributed by atoms with Crippen molar-refractivity contribution in [3.05, 3.63) is 30.1 Å². The molecule has 2 aromatic rings. The van der Waals surface area contributed by atoms with Crippen LogP contribution in [0.2, 0.25) is 0 Å². The van der Waals surface area contributed by atoms with E-state index in [2.05, 4.69) is 46.4 Å². The van der Waals surface area contributed by atoms with Gasteiger partial charge in [-0.25, -0.2) is 4.98 Å². The van der Waals surface area contributed by atoms with Gasteiger partial charge in [-0.1, -0.05) is 26.0 Å². The third-order valence-corrected chi connectivity index (χ3v) is 4.24. The second-order valence-electron chi connectivity index (χ2n) is 6.66. The van der Waals surface area contributed by atoms with Gasteiger partial charge in [-0.2, -0.15) is 0 Å². The van der Waals surface area contributed by atoms with Crippen LogP contribution >= 0.6 is 24.0 Å². The van der Waals surface area contributed by atoms with Crippen molar-refractivity contribution in [3.63, 3.8) is 0 Å². The van der Waals surface area contributed by atoms with Gasteiger partial charge in [-0.05, 0) is 38.3 Å². The summed E-state index contributed by atoms with van der Waals surface area (Å²) in [5, 5.41) is 6.68. The van der Waals surface area contributed by atoms with Crippen molar-refractivity contribution in [1.82, 2.24) is 20.6 Å².